The quantitative estimate of drug-likeness (QED) is 0.171. The van der Waals surface area contributed by atoms with E-state index in [1.807, 2.05) is 66.3 Å². The third kappa shape index (κ3) is 4.81. The summed E-state index contributed by atoms with van der Waals surface area (Å²) < 4.78 is 4.92. The predicted octanol–water partition coefficient (Wildman–Crippen LogP) is 7.57. The van der Waals surface area contributed by atoms with Crippen LogP contribution in [-0.2, 0) is 13.1 Å². The summed E-state index contributed by atoms with van der Waals surface area (Å²) in [5.74, 6) is 0. The molecule has 3 aromatic carbocycles. The van der Waals surface area contributed by atoms with Crippen LogP contribution in [0.25, 0.3) is 32.9 Å². The molecular weight excluding hydrogens is 512 g/mol. The summed E-state index contributed by atoms with van der Waals surface area (Å²) in [5.41, 5.74) is 4.19. The number of rotatable bonds is 5. The first-order chi connectivity index (χ1) is 16.8. The summed E-state index contributed by atoms with van der Waals surface area (Å²) in [7, 11) is 0. The molecule has 0 bridgehead atoms. The second-order valence-electron chi connectivity index (χ2n) is 7.88. The monoisotopic (exact) mass is 534 g/mol. The van der Waals surface area contributed by atoms with Crippen molar-refractivity contribution in [2.24, 2.45) is 0 Å². The van der Waals surface area contributed by atoms with Gasteiger partial charge in [0.05, 0.1) is 20.9 Å². The number of aryl methyl sites for hydroxylation is 2. The van der Waals surface area contributed by atoms with E-state index in [1.54, 1.807) is 18.2 Å². The standard InChI is InChI=1S/C16H14N2O2.C10H9BrN2O2/c1-2-17-9-8-13-10-14(18(19)20)11-15(16(13)17)12-6-4-3-5-7-12;1-2-12-4-3-7-5-8(13(14)15)6-9(11)10(7)12/h3-11H,2H2,1H3;3-6H,2H2,1H3. The van der Waals surface area contributed by atoms with Crippen LogP contribution in [0.15, 0.2) is 83.6 Å². The van der Waals surface area contributed by atoms with Gasteiger partial charge in [0.25, 0.3) is 11.4 Å². The van der Waals surface area contributed by atoms with Gasteiger partial charge >= 0.3 is 0 Å². The minimum atomic E-state index is -0.381. The van der Waals surface area contributed by atoms with Crippen molar-refractivity contribution >= 4 is 49.1 Å². The van der Waals surface area contributed by atoms with E-state index in [-0.39, 0.29) is 21.2 Å². The lowest BCUT2D eigenvalue weighted by molar-refractivity contribution is -0.384. The Morgan fingerprint density at radius 1 is 0.743 bits per heavy atom. The van der Waals surface area contributed by atoms with Gasteiger partial charge in [-0.3, -0.25) is 20.2 Å². The number of benzene rings is 3. The maximum atomic E-state index is 11.1. The van der Waals surface area contributed by atoms with Crippen molar-refractivity contribution in [2.75, 3.05) is 0 Å². The van der Waals surface area contributed by atoms with Crippen LogP contribution in [0, 0.1) is 20.2 Å². The molecule has 0 aliphatic heterocycles. The number of hydrogen-bond acceptors (Lipinski definition) is 4. The van der Waals surface area contributed by atoms with Crippen LogP contribution in [0.1, 0.15) is 13.8 Å². The first-order valence-electron chi connectivity index (χ1n) is 11.1. The van der Waals surface area contributed by atoms with Crippen LogP contribution in [-0.4, -0.2) is 19.0 Å². The number of fused-ring (bicyclic) bond motifs is 2. The fourth-order valence-corrected chi connectivity index (χ4v) is 4.88. The van der Waals surface area contributed by atoms with Gasteiger partial charge in [-0.1, -0.05) is 30.3 Å². The number of nitro benzene ring substituents is 2. The van der Waals surface area contributed by atoms with Gasteiger partial charge in [-0.15, -0.1) is 0 Å². The molecule has 2 aromatic heterocycles. The molecule has 0 aliphatic carbocycles. The van der Waals surface area contributed by atoms with E-state index in [9.17, 15) is 20.2 Å². The Bertz CT molecular complexity index is 1540. The lowest BCUT2D eigenvalue weighted by Crippen LogP contribution is -1.95. The summed E-state index contributed by atoms with van der Waals surface area (Å²) in [6.45, 7) is 5.78. The summed E-state index contributed by atoms with van der Waals surface area (Å²) in [6.07, 6.45) is 3.90. The Hall–Kier alpha value is -3.98. The molecule has 2 heterocycles. The molecule has 0 N–H and O–H groups in total. The second kappa shape index (κ2) is 10.1. The molecule has 0 atom stereocenters. The van der Waals surface area contributed by atoms with E-state index in [1.165, 1.54) is 6.07 Å². The molecule has 0 saturated heterocycles. The van der Waals surface area contributed by atoms with Gasteiger partial charge in [0.15, 0.2) is 0 Å². The molecule has 0 aliphatic rings. The minimum absolute atomic E-state index is 0.114. The van der Waals surface area contributed by atoms with Crippen molar-refractivity contribution in [2.45, 2.75) is 26.9 Å². The second-order valence-corrected chi connectivity index (χ2v) is 8.73. The summed E-state index contributed by atoms with van der Waals surface area (Å²) in [4.78, 5) is 21.0. The van der Waals surface area contributed by atoms with Crippen LogP contribution in [0.5, 0.6) is 0 Å². The third-order valence-corrected chi connectivity index (χ3v) is 6.44. The fraction of sp³-hybridized carbons (Fsp3) is 0.154. The summed E-state index contributed by atoms with van der Waals surface area (Å²) in [6, 6.07) is 20.0. The normalized spacial score (nSPS) is 10.8. The highest BCUT2D eigenvalue weighted by atomic mass is 79.9. The lowest BCUT2D eigenvalue weighted by Gasteiger charge is -2.08. The average Bonchev–Trinajstić information content (AvgIpc) is 3.48. The summed E-state index contributed by atoms with van der Waals surface area (Å²) >= 11 is 3.36. The zero-order valence-electron chi connectivity index (χ0n) is 19.2. The van der Waals surface area contributed by atoms with Crippen LogP contribution >= 0.6 is 15.9 Å². The molecule has 0 spiro atoms. The molecule has 0 amide bonds. The van der Waals surface area contributed by atoms with Crippen LogP contribution < -0.4 is 0 Å². The largest absolute Gasteiger partial charge is 0.347 e. The highest BCUT2D eigenvalue weighted by Gasteiger charge is 2.15. The smallest absolute Gasteiger partial charge is 0.271 e. The van der Waals surface area contributed by atoms with E-state index < -0.39 is 0 Å². The van der Waals surface area contributed by atoms with Crippen molar-refractivity contribution in [1.82, 2.24) is 9.13 Å². The van der Waals surface area contributed by atoms with E-state index in [2.05, 4.69) is 27.4 Å². The van der Waals surface area contributed by atoms with Gasteiger partial charge in [-0.25, -0.2) is 0 Å². The van der Waals surface area contributed by atoms with Gasteiger partial charge in [0.1, 0.15) is 0 Å². The highest BCUT2D eigenvalue weighted by molar-refractivity contribution is 9.10. The molecule has 0 radical (unpaired) electrons. The Morgan fingerprint density at radius 3 is 1.80 bits per heavy atom. The SMILES string of the molecule is CCn1ccc2cc([N+](=O)[O-])cc(-c3ccccc3)c21.CCn1ccc2cc([N+](=O)[O-])cc(Br)c21. The summed E-state index contributed by atoms with van der Waals surface area (Å²) in [5, 5.41) is 23.5. The first-order valence-corrected chi connectivity index (χ1v) is 11.9. The molecule has 35 heavy (non-hydrogen) atoms. The number of nitro groups is 2. The van der Waals surface area contributed by atoms with Gasteiger partial charge in [-0.05, 0) is 47.5 Å². The molecule has 8 nitrogen and oxygen atoms in total. The third-order valence-electron chi connectivity index (χ3n) is 5.83. The van der Waals surface area contributed by atoms with Gasteiger partial charge in [0.2, 0.25) is 0 Å². The first kappa shape index (κ1) is 24.2. The van der Waals surface area contributed by atoms with Gasteiger partial charge in [0, 0.05) is 70.6 Å². The van der Waals surface area contributed by atoms with E-state index in [0.29, 0.717) is 0 Å². The van der Waals surface area contributed by atoms with E-state index in [4.69, 9.17) is 0 Å². The van der Waals surface area contributed by atoms with Crippen molar-refractivity contribution in [1.29, 1.82) is 0 Å². The molecule has 0 saturated carbocycles. The molecule has 9 heteroatoms. The molecule has 5 rings (SSSR count). The number of nitrogens with zero attached hydrogens (tertiary/aromatic N) is 4. The zero-order chi connectivity index (χ0) is 25.1. The number of hydrogen-bond donors (Lipinski definition) is 0. The topological polar surface area (TPSA) is 96.1 Å². The van der Waals surface area contributed by atoms with E-state index >= 15 is 0 Å². The number of halogens is 1. The van der Waals surface area contributed by atoms with Crippen LogP contribution in [0.2, 0.25) is 0 Å². The number of non-ortho nitro benzene ring substituents is 2. The zero-order valence-corrected chi connectivity index (χ0v) is 20.8. The highest BCUT2D eigenvalue weighted by Crippen LogP contribution is 2.34. The van der Waals surface area contributed by atoms with Gasteiger partial charge in [-0.2, -0.15) is 0 Å². The Morgan fingerprint density at radius 2 is 1.26 bits per heavy atom. The molecule has 178 valence electrons. The molecule has 0 fully saturated rings. The maximum absolute atomic E-state index is 11.1. The molecule has 5 aromatic rings. The van der Waals surface area contributed by atoms with Crippen molar-refractivity contribution in [3.8, 4) is 11.1 Å². The van der Waals surface area contributed by atoms with Gasteiger partial charge < -0.3 is 9.13 Å². The maximum Gasteiger partial charge on any atom is 0.271 e. The van der Waals surface area contributed by atoms with Crippen molar-refractivity contribution in [3.63, 3.8) is 0 Å². The Kier molecular flexibility index (Phi) is 6.97. The Balaban J connectivity index is 0.000000172. The van der Waals surface area contributed by atoms with Crippen LogP contribution in [0.3, 0.4) is 0 Å². The average molecular weight is 535 g/mol. The minimum Gasteiger partial charge on any atom is -0.347 e. The Labute approximate surface area is 209 Å². The predicted molar refractivity (Wildman–Crippen MR) is 142 cm³/mol. The molecular formula is C26H23BrN4O4. The van der Waals surface area contributed by atoms with Crippen LogP contribution in [0.4, 0.5) is 11.4 Å². The molecule has 0 unspecified atom stereocenters. The van der Waals surface area contributed by atoms with Crippen molar-refractivity contribution in [3.05, 3.63) is 104 Å². The number of aromatic nitrogens is 2. The van der Waals surface area contributed by atoms with Crippen molar-refractivity contribution < 1.29 is 9.85 Å². The van der Waals surface area contributed by atoms with E-state index in [0.717, 1.165) is 50.5 Å². The lowest BCUT2D eigenvalue weighted by atomic mass is 10.0. The fourth-order valence-electron chi connectivity index (χ4n) is 4.19.